The summed E-state index contributed by atoms with van der Waals surface area (Å²) in [5, 5.41) is 0. The predicted octanol–water partition coefficient (Wildman–Crippen LogP) is 3.19. The molecule has 0 radical (unpaired) electrons. The Bertz CT molecular complexity index is 391. The summed E-state index contributed by atoms with van der Waals surface area (Å²) >= 11 is 1.61. The van der Waals surface area contributed by atoms with Crippen molar-refractivity contribution in [1.82, 2.24) is 0 Å². The Morgan fingerprint density at radius 1 is 1.47 bits per heavy atom. The molecule has 3 nitrogen and oxygen atoms in total. The number of hydrogen-bond acceptors (Lipinski definition) is 4. The summed E-state index contributed by atoms with van der Waals surface area (Å²) in [6.45, 7) is 6.44. The maximum absolute atomic E-state index is 11.8. The minimum Gasteiger partial charge on any atom is -0.462 e. The van der Waals surface area contributed by atoms with Crippen LogP contribution in [0.1, 0.15) is 31.1 Å². The van der Waals surface area contributed by atoms with Crippen LogP contribution in [0.4, 0.5) is 5.69 Å². The number of thioether (sulfide) groups is 1. The van der Waals surface area contributed by atoms with Gasteiger partial charge in [0.1, 0.15) is 0 Å². The van der Waals surface area contributed by atoms with Gasteiger partial charge < -0.3 is 10.5 Å². The van der Waals surface area contributed by atoms with E-state index in [0.29, 0.717) is 23.8 Å². The lowest BCUT2D eigenvalue weighted by molar-refractivity contribution is 0.0522. The summed E-state index contributed by atoms with van der Waals surface area (Å²) in [5.74, 6) is 1.18. The first-order chi connectivity index (χ1) is 8.06. The summed E-state index contributed by atoms with van der Waals surface area (Å²) in [4.78, 5) is 12.6. The summed E-state index contributed by atoms with van der Waals surface area (Å²) in [6, 6.07) is 5.35. The van der Waals surface area contributed by atoms with Crippen LogP contribution in [0, 0.1) is 5.92 Å². The molecule has 17 heavy (non-hydrogen) atoms. The predicted molar refractivity (Wildman–Crippen MR) is 72.4 cm³/mol. The number of anilines is 1. The van der Waals surface area contributed by atoms with Crippen molar-refractivity contribution in [2.24, 2.45) is 5.92 Å². The van der Waals surface area contributed by atoms with Crippen LogP contribution in [0.5, 0.6) is 0 Å². The summed E-state index contributed by atoms with van der Waals surface area (Å²) in [6.07, 6.45) is 0. The van der Waals surface area contributed by atoms with Crippen molar-refractivity contribution in [1.29, 1.82) is 0 Å². The molecule has 1 aromatic carbocycles. The molecule has 0 aliphatic rings. The molecule has 0 saturated heterocycles. The SMILES string of the molecule is CCOC(=O)c1cccc(N)c1SCC(C)C. The van der Waals surface area contributed by atoms with Gasteiger partial charge in [0, 0.05) is 16.3 Å². The summed E-state index contributed by atoms with van der Waals surface area (Å²) in [7, 11) is 0. The van der Waals surface area contributed by atoms with Crippen LogP contribution in [0.15, 0.2) is 23.1 Å². The van der Waals surface area contributed by atoms with Gasteiger partial charge in [0.15, 0.2) is 0 Å². The second-order valence-corrected chi connectivity index (χ2v) is 5.18. The van der Waals surface area contributed by atoms with Crippen molar-refractivity contribution in [3.05, 3.63) is 23.8 Å². The number of nitrogen functional groups attached to an aromatic ring is 1. The van der Waals surface area contributed by atoms with E-state index in [2.05, 4.69) is 13.8 Å². The Kier molecular flexibility index (Phi) is 5.35. The van der Waals surface area contributed by atoms with Gasteiger partial charge in [-0.3, -0.25) is 0 Å². The highest BCUT2D eigenvalue weighted by Crippen LogP contribution is 2.30. The van der Waals surface area contributed by atoms with Crippen molar-refractivity contribution in [3.8, 4) is 0 Å². The number of hydrogen-bond donors (Lipinski definition) is 1. The van der Waals surface area contributed by atoms with Crippen LogP contribution >= 0.6 is 11.8 Å². The van der Waals surface area contributed by atoms with Crippen molar-refractivity contribution in [2.75, 3.05) is 18.1 Å². The van der Waals surface area contributed by atoms with E-state index in [1.54, 1.807) is 30.8 Å². The van der Waals surface area contributed by atoms with Crippen LogP contribution < -0.4 is 5.73 Å². The van der Waals surface area contributed by atoms with Gasteiger partial charge in [-0.05, 0) is 25.0 Å². The molecule has 0 fully saturated rings. The quantitative estimate of drug-likeness (QED) is 0.497. The molecule has 0 spiro atoms. The van der Waals surface area contributed by atoms with Gasteiger partial charge in [0.05, 0.1) is 12.2 Å². The zero-order chi connectivity index (χ0) is 12.8. The van der Waals surface area contributed by atoms with Gasteiger partial charge in [0.25, 0.3) is 0 Å². The van der Waals surface area contributed by atoms with Gasteiger partial charge >= 0.3 is 5.97 Å². The zero-order valence-electron chi connectivity index (χ0n) is 10.5. The minimum absolute atomic E-state index is 0.300. The zero-order valence-corrected chi connectivity index (χ0v) is 11.3. The Morgan fingerprint density at radius 2 is 2.18 bits per heavy atom. The molecule has 0 atom stereocenters. The van der Waals surface area contributed by atoms with E-state index in [0.717, 1.165) is 10.6 Å². The molecule has 0 unspecified atom stereocenters. The maximum atomic E-state index is 11.8. The van der Waals surface area contributed by atoms with Crippen LogP contribution in [0.25, 0.3) is 0 Å². The topological polar surface area (TPSA) is 52.3 Å². The summed E-state index contributed by atoms with van der Waals surface area (Å²) < 4.78 is 5.02. The normalized spacial score (nSPS) is 10.6. The molecule has 1 aromatic rings. The molecular formula is C13H19NO2S. The molecule has 0 aliphatic carbocycles. The van der Waals surface area contributed by atoms with Gasteiger partial charge in [-0.25, -0.2) is 4.79 Å². The molecule has 0 saturated carbocycles. The van der Waals surface area contributed by atoms with E-state index in [9.17, 15) is 4.79 Å². The van der Waals surface area contributed by atoms with E-state index in [1.165, 1.54) is 0 Å². The number of esters is 1. The first-order valence-corrected chi connectivity index (χ1v) is 6.73. The molecule has 2 N–H and O–H groups in total. The third-order valence-electron chi connectivity index (χ3n) is 2.10. The molecule has 0 aromatic heterocycles. The van der Waals surface area contributed by atoms with Gasteiger partial charge in [-0.1, -0.05) is 19.9 Å². The lowest BCUT2D eigenvalue weighted by atomic mass is 10.2. The van der Waals surface area contributed by atoms with Crippen molar-refractivity contribution in [2.45, 2.75) is 25.7 Å². The second-order valence-electron chi connectivity index (χ2n) is 4.15. The van der Waals surface area contributed by atoms with Crippen molar-refractivity contribution >= 4 is 23.4 Å². The molecule has 1 rings (SSSR count). The van der Waals surface area contributed by atoms with Gasteiger partial charge in [-0.2, -0.15) is 0 Å². The highest BCUT2D eigenvalue weighted by Gasteiger charge is 2.15. The number of carbonyl (C=O) groups is 1. The fraction of sp³-hybridized carbons (Fsp3) is 0.462. The highest BCUT2D eigenvalue weighted by atomic mass is 32.2. The van der Waals surface area contributed by atoms with Gasteiger partial charge in [0.2, 0.25) is 0 Å². The molecule has 4 heteroatoms. The van der Waals surface area contributed by atoms with E-state index in [-0.39, 0.29) is 5.97 Å². The maximum Gasteiger partial charge on any atom is 0.339 e. The number of benzene rings is 1. The lowest BCUT2D eigenvalue weighted by Crippen LogP contribution is -2.08. The average Bonchev–Trinajstić information content (AvgIpc) is 2.27. The van der Waals surface area contributed by atoms with Crippen molar-refractivity contribution in [3.63, 3.8) is 0 Å². The Morgan fingerprint density at radius 3 is 2.76 bits per heavy atom. The third kappa shape index (κ3) is 3.97. The number of rotatable bonds is 5. The fourth-order valence-electron chi connectivity index (χ4n) is 1.34. The lowest BCUT2D eigenvalue weighted by Gasteiger charge is -2.12. The molecule has 0 heterocycles. The van der Waals surface area contributed by atoms with E-state index >= 15 is 0 Å². The standard InChI is InChI=1S/C13H19NO2S/c1-4-16-13(15)10-6-5-7-11(14)12(10)17-8-9(2)3/h5-7,9H,4,8,14H2,1-3H3. The van der Waals surface area contributed by atoms with Crippen LogP contribution in [-0.4, -0.2) is 18.3 Å². The molecule has 0 bridgehead atoms. The van der Waals surface area contributed by atoms with E-state index in [1.807, 2.05) is 6.07 Å². The van der Waals surface area contributed by atoms with Crippen LogP contribution in [0.3, 0.4) is 0 Å². The Hall–Kier alpha value is -1.16. The third-order valence-corrected chi connectivity index (χ3v) is 3.68. The largest absolute Gasteiger partial charge is 0.462 e. The van der Waals surface area contributed by atoms with E-state index < -0.39 is 0 Å². The monoisotopic (exact) mass is 253 g/mol. The number of carbonyl (C=O) groups excluding carboxylic acids is 1. The Balaban J connectivity index is 2.95. The van der Waals surface area contributed by atoms with Crippen LogP contribution in [0.2, 0.25) is 0 Å². The minimum atomic E-state index is -0.300. The molecule has 0 amide bonds. The van der Waals surface area contributed by atoms with E-state index in [4.69, 9.17) is 10.5 Å². The Labute approximate surface area is 107 Å². The fourth-order valence-corrected chi connectivity index (χ4v) is 2.38. The number of ether oxygens (including phenoxy) is 1. The smallest absolute Gasteiger partial charge is 0.339 e. The summed E-state index contributed by atoms with van der Waals surface area (Å²) in [5.41, 5.74) is 7.12. The highest BCUT2D eigenvalue weighted by molar-refractivity contribution is 7.99. The number of nitrogens with two attached hydrogens (primary N) is 1. The first kappa shape index (κ1) is 13.9. The van der Waals surface area contributed by atoms with Crippen molar-refractivity contribution < 1.29 is 9.53 Å². The first-order valence-electron chi connectivity index (χ1n) is 5.74. The van der Waals surface area contributed by atoms with Crippen LogP contribution in [-0.2, 0) is 4.74 Å². The average molecular weight is 253 g/mol. The second kappa shape index (κ2) is 6.55. The molecular weight excluding hydrogens is 234 g/mol. The molecule has 0 aliphatic heterocycles. The molecule has 94 valence electrons. The van der Waals surface area contributed by atoms with Gasteiger partial charge in [-0.15, -0.1) is 11.8 Å².